The molecule has 262 valence electrons. The van der Waals surface area contributed by atoms with Crippen molar-refractivity contribution in [3.63, 3.8) is 0 Å². The third-order valence-electron chi connectivity index (χ3n) is 10.6. The largest absolute Gasteiger partial charge is 0.456 e. The van der Waals surface area contributed by atoms with Gasteiger partial charge in [-0.15, -0.1) is 0 Å². The van der Waals surface area contributed by atoms with Gasteiger partial charge < -0.3 is 8.83 Å². The topological polar surface area (TPSA) is 65.0 Å². The van der Waals surface area contributed by atoms with E-state index in [0.29, 0.717) is 5.82 Å². The lowest BCUT2D eigenvalue weighted by Crippen LogP contribution is -1.98. The summed E-state index contributed by atoms with van der Waals surface area (Å²) >= 11 is 0. The van der Waals surface area contributed by atoms with Crippen molar-refractivity contribution < 1.29 is 8.83 Å². The average molecular weight is 718 g/mol. The van der Waals surface area contributed by atoms with Crippen LogP contribution >= 0.6 is 0 Å². The molecule has 0 saturated carbocycles. The first-order chi connectivity index (χ1) is 27.8. The van der Waals surface area contributed by atoms with Crippen LogP contribution in [0.4, 0.5) is 0 Å². The van der Waals surface area contributed by atoms with E-state index in [1.807, 2.05) is 85.1 Å². The van der Waals surface area contributed by atoms with Crippen molar-refractivity contribution in [1.29, 1.82) is 0 Å². The average Bonchev–Trinajstić information content (AvgIpc) is 3.86. The SMILES string of the molecule is c1ccc(-c2cc(-c3ccc(-c4ccc(-c5cccc6oc7ccccc7c56)c5c4oc4ccccc45)cc3)nc(-c3ccccc3-c3ccccn3)n2)cc1. The first-order valence-corrected chi connectivity index (χ1v) is 18.7. The molecule has 0 amide bonds. The number of rotatable bonds is 6. The van der Waals surface area contributed by atoms with E-state index in [0.717, 1.165) is 105 Å². The summed E-state index contributed by atoms with van der Waals surface area (Å²) in [5.74, 6) is 0.645. The molecule has 0 aliphatic heterocycles. The second-order valence-corrected chi connectivity index (χ2v) is 13.9. The molecule has 5 heteroatoms. The van der Waals surface area contributed by atoms with Crippen LogP contribution in [0.1, 0.15) is 0 Å². The summed E-state index contributed by atoms with van der Waals surface area (Å²) in [5, 5.41) is 4.36. The van der Waals surface area contributed by atoms with E-state index in [9.17, 15) is 0 Å². The summed E-state index contributed by atoms with van der Waals surface area (Å²) in [5.41, 5.74) is 14.2. The molecule has 56 heavy (non-hydrogen) atoms. The lowest BCUT2D eigenvalue weighted by atomic mass is 9.92. The number of benzene rings is 7. The Morgan fingerprint density at radius 3 is 1.68 bits per heavy atom. The summed E-state index contributed by atoms with van der Waals surface area (Å²) in [7, 11) is 0. The zero-order valence-electron chi connectivity index (χ0n) is 30.1. The van der Waals surface area contributed by atoms with Crippen LogP contribution in [0.25, 0.3) is 111 Å². The Labute approximate surface area is 322 Å². The van der Waals surface area contributed by atoms with Crippen LogP contribution < -0.4 is 0 Å². The van der Waals surface area contributed by atoms with Gasteiger partial charge >= 0.3 is 0 Å². The standard InChI is InChI=1S/C51H31N3O2/c1-2-13-33(14-3-1)43-31-44(54-51(53-43)39-16-5-4-15-36(39)42-20-10-11-30-52-42)34-26-24-32(25-27-34)35-28-29-38(49-41-18-7-9-22-46(41)56-50(35)49)37-19-12-23-47-48(37)40-17-6-8-21-45(40)55-47/h1-31H. The minimum atomic E-state index is 0.645. The molecular formula is C51H31N3O2. The Kier molecular flexibility index (Phi) is 7.42. The van der Waals surface area contributed by atoms with Crippen LogP contribution in [0.2, 0.25) is 0 Å². The Balaban J connectivity index is 1.05. The van der Waals surface area contributed by atoms with E-state index in [4.69, 9.17) is 18.8 Å². The molecule has 0 saturated heterocycles. The van der Waals surface area contributed by atoms with Crippen LogP contribution in [0.15, 0.2) is 197 Å². The second kappa shape index (κ2) is 13.0. The molecule has 0 radical (unpaired) electrons. The van der Waals surface area contributed by atoms with Crippen molar-refractivity contribution >= 4 is 43.9 Å². The summed E-state index contributed by atoms with van der Waals surface area (Å²) in [4.78, 5) is 15.0. The second-order valence-electron chi connectivity index (χ2n) is 13.9. The first kappa shape index (κ1) is 31.9. The van der Waals surface area contributed by atoms with Gasteiger partial charge in [0.1, 0.15) is 22.3 Å². The monoisotopic (exact) mass is 717 g/mol. The smallest absolute Gasteiger partial charge is 0.161 e. The highest BCUT2D eigenvalue weighted by molar-refractivity contribution is 6.21. The predicted molar refractivity (Wildman–Crippen MR) is 227 cm³/mol. The molecule has 0 atom stereocenters. The third kappa shape index (κ3) is 5.29. The fourth-order valence-corrected chi connectivity index (χ4v) is 8.00. The third-order valence-corrected chi connectivity index (χ3v) is 10.6. The molecule has 11 aromatic rings. The van der Waals surface area contributed by atoms with Crippen LogP contribution in [0.3, 0.4) is 0 Å². The number of aromatic nitrogens is 3. The van der Waals surface area contributed by atoms with Crippen LogP contribution in [-0.4, -0.2) is 15.0 Å². The number of hydrogen-bond donors (Lipinski definition) is 0. The van der Waals surface area contributed by atoms with Gasteiger partial charge in [0.05, 0.1) is 17.1 Å². The normalized spacial score (nSPS) is 11.6. The number of nitrogens with zero attached hydrogens (tertiary/aromatic N) is 3. The Bertz CT molecular complexity index is 3240. The van der Waals surface area contributed by atoms with Gasteiger partial charge in [0.25, 0.3) is 0 Å². The van der Waals surface area contributed by atoms with Gasteiger partial charge in [0, 0.05) is 55.6 Å². The van der Waals surface area contributed by atoms with Crippen molar-refractivity contribution in [3.8, 4) is 67.4 Å². The number of pyridine rings is 1. The fourth-order valence-electron chi connectivity index (χ4n) is 8.00. The molecule has 4 heterocycles. The molecule has 4 aromatic heterocycles. The lowest BCUT2D eigenvalue weighted by molar-refractivity contribution is 0.668. The van der Waals surface area contributed by atoms with E-state index in [1.54, 1.807) is 0 Å². The summed E-state index contributed by atoms with van der Waals surface area (Å²) in [6, 6.07) is 62.3. The quantitative estimate of drug-likeness (QED) is 0.171. The summed E-state index contributed by atoms with van der Waals surface area (Å²) in [6.07, 6.45) is 1.81. The molecule has 0 bridgehead atoms. The Hall–Kier alpha value is -7.63. The summed E-state index contributed by atoms with van der Waals surface area (Å²) < 4.78 is 13.0. The van der Waals surface area contributed by atoms with E-state index < -0.39 is 0 Å². The fraction of sp³-hybridized carbons (Fsp3) is 0. The van der Waals surface area contributed by atoms with Crippen molar-refractivity contribution in [2.45, 2.75) is 0 Å². The van der Waals surface area contributed by atoms with Gasteiger partial charge in [0.15, 0.2) is 5.82 Å². The van der Waals surface area contributed by atoms with Gasteiger partial charge in [-0.05, 0) is 59.2 Å². The van der Waals surface area contributed by atoms with E-state index in [-0.39, 0.29) is 0 Å². The Morgan fingerprint density at radius 2 is 0.911 bits per heavy atom. The molecule has 0 unspecified atom stereocenters. The summed E-state index contributed by atoms with van der Waals surface area (Å²) in [6.45, 7) is 0. The van der Waals surface area contributed by atoms with E-state index in [2.05, 4.69) is 108 Å². The lowest BCUT2D eigenvalue weighted by Gasteiger charge is -2.13. The highest BCUT2D eigenvalue weighted by Gasteiger charge is 2.21. The van der Waals surface area contributed by atoms with E-state index >= 15 is 0 Å². The van der Waals surface area contributed by atoms with Crippen molar-refractivity contribution in [2.24, 2.45) is 0 Å². The molecule has 0 fully saturated rings. The zero-order chi connectivity index (χ0) is 37.0. The molecule has 0 N–H and O–H groups in total. The van der Waals surface area contributed by atoms with Gasteiger partial charge in [-0.25, -0.2) is 9.97 Å². The molecule has 0 aliphatic rings. The van der Waals surface area contributed by atoms with Gasteiger partial charge in [-0.2, -0.15) is 0 Å². The number of furan rings is 2. The van der Waals surface area contributed by atoms with Gasteiger partial charge in [-0.1, -0.05) is 140 Å². The predicted octanol–water partition coefficient (Wildman–Crippen LogP) is 13.7. The maximum Gasteiger partial charge on any atom is 0.161 e. The van der Waals surface area contributed by atoms with Crippen molar-refractivity contribution in [2.75, 3.05) is 0 Å². The van der Waals surface area contributed by atoms with Crippen LogP contribution in [0, 0.1) is 0 Å². The molecule has 0 spiro atoms. The molecule has 11 rings (SSSR count). The van der Waals surface area contributed by atoms with Crippen LogP contribution in [-0.2, 0) is 0 Å². The highest BCUT2D eigenvalue weighted by atomic mass is 16.3. The maximum absolute atomic E-state index is 6.72. The molecule has 5 nitrogen and oxygen atoms in total. The van der Waals surface area contributed by atoms with Gasteiger partial charge in [-0.3, -0.25) is 4.98 Å². The molecule has 0 aliphatic carbocycles. The van der Waals surface area contributed by atoms with E-state index in [1.165, 1.54) is 0 Å². The number of hydrogen-bond acceptors (Lipinski definition) is 5. The highest BCUT2D eigenvalue weighted by Crippen LogP contribution is 2.45. The minimum absolute atomic E-state index is 0.645. The Morgan fingerprint density at radius 1 is 0.339 bits per heavy atom. The minimum Gasteiger partial charge on any atom is -0.456 e. The zero-order valence-corrected chi connectivity index (χ0v) is 30.1. The van der Waals surface area contributed by atoms with Crippen LogP contribution in [0.5, 0.6) is 0 Å². The number of para-hydroxylation sites is 2. The first-order valence-electron chi connectivity index (χ1n) is 18.7. The van der Waals surface area contributed by atoms with Gasteiger partial charge in [0.2, 0.25) is 0 Å². The maximum atomic E-state index is 6.72. The molecular weight excluding hydrogens is 687 g/mol. The number of fused-ring (bicyclic) bond motifs is 6. The van der Waals surface area contributed by atoms with Crippen molar-refractivity contribution in [1.82, 2.24) is 15.0 Å². The molecule has 7 aromatic carbocycles. The van der Waals surface area contributed by atoms with Crippen molar-refractivity contribution in [3.05, 3.63) is 188 Å².